The maximum atomic E-state index is 10.3. The van der Waals surface area contributed by atoms with E-state index in [2.05, 4.69) is 0 Å². The summed E-state index contributed by atoms with van der Waals surface area (Å²) in [5.74, 6) is 0. The Bertz CT molecular complexity index is 564. The van der Waals surface area contributed by atoms with E-state index >= 15 is 0 Å². The SMILES string of the molecule is Cc1ccc(S(=O)[O-])cc1.O=S([O-])c1ccccc1.[K+].[Na+]. The molecule has 4 nitrogen and oxygen atoms in total. The second-order valence-corrected chi connectivity index (χ2v) is 5.48. The maximum absolute atomic E-state index is 10.3. The van der Waals surface area contributed by atoms with Crippen molar-refractivity contribution in [3.8, 4) is 0 Å². The summed E-state index contributed by atoms with van der Waals surface area (Å²) in [5, 5.41) is 0. The standard InChI is InChI=1S/C7H8O2S.C6H6O2S.K.Na/c1-6-2-4-7(5-3-6)10(8)9;7-9(8)6-4-2-1-3-5-6;;/h2-5H,1H3,(H,8,9);1-5H,(H,7,8);;/q;;2*+1/p-2. The van der Waals surface area contributed by atoms with Crippen molar-refractivity contribution >= 4 is 22.2 Å². The molecule has 0 N–H and O–H groups in total. The number of rotatable bonds is 2. The van der Waals surface area contributed by atoms with Crippen LogP contribution in [0.2, 0.25) is 0 Å². The third-order valence-electron chi connectivity index (χ3n) is 2.15. The molecule has 0 aliphatic rings. The quantitative estimate of drug-likeness (QED) is 0.407. The molecule has 0 saturated carbocycles. The van der Waals surface area contributed by atoms with Crippen molar-refractivity contribution in [1.29, 1.82) is 0 Å². The Hall–Kier alpha value is 1.30. The molecule has 8 heteroatoms. The Morgan fingerprint density at radius 3 is 1.48 bits per heavy atom. The molecule has 21 heavy (non-hydrogen) atoms. The van der Waals surface area contributed by atoms with Gasteiger partial charge in [-0.2, -0.15) is 0 Å². The molecule has 0 aliphatic carbocycles. The van der Waals surface area contributed by atoms with Gasteiger partial charge in [0.2, 0.25) is 0 Å². The van der Waals surface area contributed by atoms with E-state index in [1.807, 2.05) is 6.92 Å². The molecule has 2 atom stereocenters. The zero-order valence-corrected chi connectivity index (χ0v) is 18.9. The molecule has 0 spiro atoms. The molecular formula is C13H12KNaO4S2. The first-order chi connectivity index (χ1) is 9.00. The van der Waals surface area contributed by atoms with E-state index in [1.165, 1.54) is 0 Å². The molecule has 0 fully saturated rings. The molecule has 0 amide bonds. The van der Waals surface area contributed by atoms with Crippen LogP contribution < -0.4 is 80.9 Å². The summed E-state index contributed by atoms with van der Waals surface area (Å²) in [6.45, 7) is 1.91. The molecule has 102 valence electrons. The Labute approximate surface area is 194 Å². The number of hydrogen-bond acceptors (Lipinski definition) is 4. The van der Waals surface area contributed by atoms with Gasteiger partial charge in [0.05, 0.1) is 0 Å². The Kier molecular flexibility index (Phi) is 16.0. The predicted octanol–water partition coefficient (Wildman–Crippen LogP) is -3.83. The third kappa shape index (κ3) is 10.6. The molecule has 2 aromatic rings. The van der Waals surface area contributed by atoms with Crippen molar-refractivity contribution in [3.05, 3.63) is 60.2 Å². The van der Waals surface area contributed by atoms with Crippen LogP contribution in [0.4, 0.5) is 0 Å². The molecule has 2 rings (SSSR count). The van der Waals surface area contributed by atoms with Crippen LogP contribution in [0.15, 0.2) is 64.4 Å². The van der Waals surface area contributed by atoms with Gasteiger partial charge in [-0.3, -0.25) is 8.42 Å². The van der Waals surface area contributed by atoms with Crippen LogP contribution in [0.25, 0.3) is 0 Å². The molecule has 2 aromatic carbocycles. The van der Waals surface area contributed by atoms with E-state index in [9.17, 15) is 17.5 Å². The van der Waals surface area contributed by atoms with Gasteiger partial charge in [-0.25, -0.2) is 0 Å². The Morgan fingerprint density at radius 1 is 0.762 bits per heavy atom. The minimum atomic E-state index is -2.09. The summed E-state index contributed by atoms with van der Waals surface area (Å²) in [6.07, 6.45) is 0. The van der Waals surface area contributed by atoms with Crippen LogP contribution in [-0.4, -0.2) is 17.5 Å². The van der Waals surface area contributed by atoms with E-state index in [4.69, 9.17) is 0 Å². The Morgan fingerprint density at radius 2 is 1.14 bits per heavy atom. The smallest absolute Gasteiger partial charge is 0.768 e. The minimum Gasteiger partial charge on any atom is -0.768 e. The van der Waals surface area contributed by atoms with Crippen molar-refractivity contribution < 1.29 is 98.5 Å². The van der Waals surface area contributed by atoms with Gasteiger partial charge < -0.3 is 9.11 Å². The molecular weight excluding hydrogens is 346 g/mol. The zero-order chi connectivity index (χ0) is 14.3. The Balaban J connectivity index is 0. The van der Waals surface area contributed by atoms with Gasteiger partial charge in [0.1, 0.15) is 0 Å². The van der Waals surface area contributed by atoms with Gasteiger partial charge in [0.25, 0.3) is 0 Å². The van der Waals surface area contributed by atoms with E-state index in [1.54, 1.807) is 54.6 Å². The molecule has 0 saturated heterocycles. The van der Waals surface area contributed by atoms with Gasteiger partial charge in [-0.05, 0) is 53.4 Å². The van der Waals surface area contributed by atoms with Gasteiger partial charge >= 0.3 is 80.9 Å². The van der Waals surface area contributed by atoms with Crippen LogP contribution in [0.3, 0.4) is 0 Å². The first-order valence-electron chi connectivity index (χ1n) is 5.31. The van der Waals surface area contributed by atoms with Crippen molar-refractivity contribution in [2.24, 2.45) is 0 Å². The van der Waals surface area contributed by atoms with Gasteiger partial charge in [0.15, 0.2) is 0 Å². The second-order valence-electron chi connectivity index (χ2n) is 3.60. The van der Waals surface area contributed by atoms with Crippen molar-refractivity contribution in [2.75, 3.05) is 0 Å². The van der Waals surface area contributed by atoms with Crippen LogP contribution in [0, 0.1) is 6.92 Å². The first-order valence-corrected chi connectivity index (χ1v) is 7.46. The van der Waals surface area contributed by atoms with Crippen LogP contribution in [-0.2, 0) is 22.2 Å². The predicted molar refractivity (Wildman–Crippen MR) is 72.0 cm³/mol. The van der Waals surface area contributed by atoms with E-state index in [-0.39, 0.29) is 80.9 Å². The summed E-state index contributed by atoms with van der Waals surface area (Å²) in [5.41, 5.74) is 1.06. The second kappa shape index (κ2) is 13.7. The van der Waals surface area contributed by atoms with Crippen LogP contribution in [0.1, 0.15) is 5.56 Å². The van der Waals surface area contributed by atoms with Crippen LogP contribution in [0.5, 0.6) is 0 Å². The zero-order valence-electron chi connectivity index (χ0n) is 12.1. The number of aryl methyl sites for hydroxylation is 1. The van der Waals surface area contributed by atoms with Crippen LogP contribution >= 0.6 is 0 Å². The first kappa shape index (κ1) is 24.5. The van der Waals surface area contributed by atoms with Crippen molar-refractivity contribution in [3.63, 3.8) is 0 Å². The number of benzene rings is 2. The van der Waals surface area contributed by atoms with E-state index in [0.717, 1.165) is 5.56 Å². The molecule has 0 aliphatic heterocycles. The summed E-state index contributed by atoms with van der Waals surface area (Å²) >= 11 is -4.17. The topological polar surface area (TPSA) is 80.3 Å². The molecule has 0 radical (unpaired) electrons. The maximum Gasteiger partial charge on any atom is 1.00 e. The summed E-state index contributed by atoms with van der Waals surface area (Å²) in [6, 6.07) is 14.9. The number of hydrogen-bond donors (Lipinski definition) is 0. The summed E-state index contributed by atoms with van der Waals surface area (Å²) in [7, 11) is 0. The minimum absolute atomic E-state index is 0. The molecule has 0 aromatic heterocycles. The normalized spacial score (nSPS) is 11.8. The largest absolute Gasteiger partial charge is 1.00 e. The van der Waals surface area contributed by atoms with Crippen molar-refractivity contribution in [2.45, 2.75) is 16.7 Å². The summed E-state index contributed by atoms with van der Waals surface area (Å²) in [4.78, 5) is 0.670. The fraction of sp³-hybridized carbons (Fsp3) is 0.0769. The van der Waals surface area contributed by atoms with Gasteiger partial charge in [-0.1, -0.05) is 35.9 Å². The third-order valence-corrected chi connectivity index (χ3v) is 3.46. The fourth-order valence-electron chi connectivity index (χ4n) is 1.18. The van der Waals surface area contributed by atoms with Gasteiger partial charge in [-0.15, -0.1) is 0 Å². The average Bonchev–Trinajstić information content (AvgIpc) is 2.41. The monoisotopic (exact) mass is 358 g/mol. The fourth-order valence-corrected chi connectivity index (χ4v) is 1.92. The summed E-state index contributed by atoms with van der Waals surface area (Å²) < 4.78 is 41.0. The molecule has 0 heterocycles. The van der Waals surface area contributed by atoms with Gasteiger partial charge in [0, 0.05) is 9.79 Å². The van der Waals surface area contributed by atoms with E-state index in [0.29, 0.717) is 9.79 Å². The average molecular weight is 358 g/mol. The van der Waals surface area contributed by atoms with E-state index < -0.39 is 22.2 Å². The molecule has 2 unspecified atom stereocenters. The van der Waals surface area contributed by atoms with Crippen molar-refractivity contribution in [1.82, 2.24) is 0 Å². The molecule has 0 bridgehead atoms.